The first-order valence-corrected chi connectivity index (χ1v) is 5.74. The summed E-state index contributed by atoms with van der Waals surface area (Å²) < 4.78 is 81.1. The van der Waals surface area contributed by atoms with E-state index in [9.17, 15) is 36.6 Å². The fraction of sp³-hybridized carbons (Fsp3) is 0. The Labute approximate surface area is 117 Å². The summed E-state index contributed by atoms with van der Waals surface area (Å²) in [5, 5.41) is 15.6. The molecule has 0 spiro atoms. The van der Waals surface area contributed by atoms with Gasteiger partial charge in [-0.15, -0.1) is 0 Å². The molecule has 2 nitrogen and oxygen atoms in total. The second kappa shape index (κ2) is 4.43. The largest absolute Gasteiger partial charge is 0.504 e. The molecule has 0 aliphatic heterocycles. The normalized spacial score (nSPS) is 11.5. The molecule has 3 aromatic carbocycles. The van der Waals surface area contributed by atoms with Crippen molar-refractivity contribution < 1.29 is 36.6 Å². The van der Waals surface area contributed by atoms with Crippen molar-refractivity contribution in [2.24, 2.45) is 0 Å². The predicted molar refractivity (Wildman–Crippen MR) is 64.5 cm³/mol. The highest BCUT2D eigenvalue weighted by atomic mass is 19.2. The minimum Gasteiger partial charge on any atom is -0.504 e. The van der Waals surface area contributed by atoms with E-state index < -0.39 is 67.9 Å². The summed E-state index contributed by atoms with van der Waals surface area (Å²) in [7, 11) is 0. The predicted octanol–water partition coefficient (Wildman–Crippen LogP) is 4.24. The van der Waals surface area contributed by atoms with Gasteiger partial charge in [0.25, 0.3) is 0 Å². The lowest BCUT2D eigenvalue weighted by Crippen LogP contribution is -1.98. The molecule has 3 rings (SSSR count). The molecule has 0 heterocycles. The van der Waals surface area contributed by atoms with Gasteiger partial charge in [0.05, 0.1) is 10.8 Å². The molecule has 0 radical (unpaired) electrons. The maximum absolute atomic E-state index is 14.3. The number of rotatable bonds is 0. The van der Waals surface area contributed by atoms with Gasteiger partial charge in [-0.1, -0.05) is 0 Å². The topological polar surface area (TPSA) is 40.5 Å². The highest BCUT2D eigenvalue weighted by molar-refractivity contribution is 6.04. The Kier molecular flexibility index (Phi) is 2.88. The van der Waals surface area contributed by atoms with Crippen molar-refractivity contribution in [1.82, 2.24) is 0 Å². The van der Waals surface area contributed by atoms with Crippen molar-refractivity contribution in [2.45, 2.75) is 0 Å². The van der Waals surface area contributed by atoms with Crippen molar-refractivity contribution in [3.63, 3.8) is 0 Å². The molecule has 2 N–H and O–H groups in total. The standard InChI is InChI=1S/C14H4F6O2/c15-5-2-3-1-4-7(9(17)6(3)14(22)8(5)16)10(18)11(19)12(20)13(4)21/h1-2,21-22H. The van der Waals surface area contributed by atoms with Crippen molar-refractivity contribution in [2.75, 3.05) is 0 Å². The third-order valence-corrected chi connectivity index (χ3v) is 3.30. The Morgan fingerprint density at radius 1 is 0.591 bits per heavy atom. The monoisotopic (exact) mass is 318 g/mol. The van der Waals surface area contributed by atoms with Crippen molar-refractivity contribution in [3.8, 4) is 11.5 Å². The number of aromatic hydroxyl groups is 2. The summed E-state index contributed by atoms with van der Waals surface area (Å²) in [5.74, 6) is -13.9. The third-order valence-electron chi connectivity index (χ3n) is 3.30. The molecule has 0 atom stereocenters. The van der Waals surface area contributed by atoms with Crippen molar-refractivity contribution >= 4 is 21.5 Å². The first-order valence-electron chi connectivity index (χ1n) is 5.74. The van der Waals surface area contributed by atoms with Crippen LogP contribution in [-0.4, -0.2) is 10.2 Å². The molecule has 22 heavy (non-hydrogen) atoms. The molecule has 8 heteroatoms. The Morgan fingerprint density at radius 2 is 1.23 bits per heavy atom. The highest BCUT2D eigenvalue weighted by Crippen LogP contribution is 2.41. The van der Waals surface area contributed by atoms with Gasteiger partial charge in [0.15, 0.2) is 29.0 Å². The van der Waals surface area contributed by atoms with Gasteiger partial charge < -0.3 is 10.2 Å². The van der Waals surface area contributed by atoms with Gasteiger partial charge in [-0.05, 0) is 17.5 Å². The molecular formula is C14H4F6O2. The average Bonchev–Trinajstić information content (AvgIpc) is 2.48. The van der Waals surface area contributed by atoms with E-state index in [1.165, 1.54) is 0 Å². The van der Waals surface area contributed by atoms with E-state index in [2.05, 4.69) is 0 Å². The van der Waals surface area contributed by atoms with Crippen molar-refractivity contribution in [3.05, 3.63) is 47.0 Å². The van der Waals surface area contributed by atoms with Gasteiger partial charge >= 0.3 is 0 Å². The van der Waals surface area contributed by atoms with Crippen LogP contribution in [0, 0.1) is 34.9 Å². The zero-order valence-electron chi connectivity index (χ0n) is 10.3. The Morgan fingerprint density at radius 3 is 1.86 bits per heavy atom. The van der Waals surface area contributed by atoms with Gasteiger partial charge in [-0.2, -0.15) is 8.78 Å². The summed E-state index contributed by atoms with van der Waals surface area (Å²) in [6.07, 6.45) is 0. The molecule has 0 unspecified atom stereocenters. The van der Waals surface area contributed by atoms with E-state index in [0.717, 1.165) is 0 Å². The number of phenols is 2. The molecule has 0 saturated carbocycles. The summed E-state index contributed by atoms with van der Waals surface area (Å²) in [6, 6.07) is 1.17. The van der Waals surface area contributed by atoms with E-state index >= 15 is 0 Å². The molecule has 0 aliphatic rings. The number of halogens is 6. The Hall–Kier alpha value is -2.64. The molecule has 3 aromatic rings. The highest BCUT2D eigenvalue weighted by Gasteiger charge is 2.26. The van der Waals surface area contributed by atoms with E-state index in [4.69, 9.17) is 0 Å². The number of hydrogen-bond donors (Lipinski definition) is 2. The van der Waals surface area contributed by atoms with Gasteiger partial charge in [-0.25, -0.2) is 17.6 Å². The molecule has 0 saturated heterocycles. The average molecular weight is 318 g/mol. The second-order valence-corrected chi connectivity index (χ2v) is 4.52. The lowest BCUT2D eigenvalue weighted by molar-refractivity contribution is 0.393. The minimum absolute atomic E-state index is 0.464. The van der Waals surface area contributed by atoms with E-state index in [0.29, 0.717) is 12.1 Å². The molecule has 0 aromatic heterocycles. The SMILES string of the molecule is Oc1c(F)c(F)c(F)c2c(F)c3c(O)c(F)c(F)cc3cc12. The summed E-state index contributed by atoms with van der Waals surface area (Å²) in [5.41, 5.74) is 0. The summed E-state index contributed by atoms with van der Waals surface area (Å²) in [4.78, 5) is 0. The van der Waals surface area contributed by atoms with E-state index in [1.807, 2.05) is 0 Å². The first kappa shape index (κ1) is 14.3. The van der Waals surface area contributed by atoms with E-state index in [1.54, 1.807) is 0 Å². The van der Waals surface area contributed by atoms with Gasteiger partial charge in [0.1, 0.15) is 5.82 Å². The minimum atomic E-state index is -2.13. The number of hydrogen-bond acceptors (Lipinski definition) is 2. The molecule has 0 fully saturated rings. The maximum atomic E-state index is 14.3. The quantitative estimate of drug-likeness (QED) is 0.370. The lowest BCUT2D eigenvalue weighted by Gasteiger charge is -2.11. The smallest absolute Gasteiger partial charge is 0.204 e. The van der Waals surface area contributed by atoms with Crippen LogP contribution in [0.15, 0.2) is 12.1 Å². The first-order chi connectivity index (χ1) is 10.3. The van der Waals surface area contributed by atoms with Crippen LogP contribution in [-0.2, 0) is 0 Å². The van der Waals surface area contributed by atoms with Crippen molar-refractivity contribution in [1.29, 1.82) is 0 Å². The third kappa shape index (κ3) is 1.63. The fourth-order valence-electron chi connectivity index (χ4n) is 2.28. The van der Waals surface area contributed by atoms with Crippen LogP contribution in [0.4, 0.5) is 26.3 Å². The summed E-state index contributed by atoms with van der Waals surface area (Å²) >= 11 is 0. The molecule has 0 aliphatic carbocycles. The van der Waals surface area contributed by atoms with Crippen LogP contribution in [0.5, 0.6) is 11.5 Å². The van der Waals surface area contributed by atoms with Crippen LogP contribution in [0.1, 0.15) is 0 Å². The van der Waals surface area contributed by atoms with Crippen LogP contribution in [0.25, 0.3) is 21.5 Å². The Bertz CT molecular complexity index is 968. The summed E-state index contributed by atoms with van der Waals surface area (Å²) in [6.45, 7) is 0. The molecule has 114 valence electrons. The Balaban J connectivity index is 2.68. The van der Waals surface area contributed by atoms with Crippen LogP contribution < -0.4 is 0 Å². The molecule has 0 bridgehead atoms. The van der Waals surface area contributed by atoms with E-state index in [-0.39, 0.29) is 0 Å². The maximum Gasteiger partial charge on any atom is 0.204 e. The molecule has 0 amide bonds. The molecular weight excluding hydrogens is 314 g/mol. The van der Waals surface area contributed by atoms with Crippen LogP contribution in [0.2, 0.25) is 0 Å². The van der Waals surface area contributed by atoms with Gasteiger partial charge in [0.2, 0.25) is 11.6 Å². The number of fused-ring (bicyclic) bond motifs is 2. The lowest BCUT2D eigenvalue weighted by atomic mass is 10.00. The zero-order valence-corrected chi connectivity index (χ0v) is 10.3. The van der Waals surface area contributed by atoms with Gasteiger partial charge in [0, 0.05) is 5.39 Å². The number of phenolic OH excluding ortho intramolecular Hbond substituents is 2. The fourth-order valence-corrected chi connectivity index (χ4v) is 2.28. The zero-order chi connectivity index (χ0) is 16.3. The second-order valence-electron chi connectivity index (χ2n) is 4.52. The number of benzene rings is 3. The van der Waals surface area contributed by atoms with Gasteiger partial charge in [-0.3, -0.25) is 0 Å². The van der Waals surface area contributed by atoms with Crippen LogP contribution in [0.3, 0.4) is 0 Å². The van der Waals surface area contributed by atoms with Crippen LogP contribution >= 0.6 is 0 Å².